The largest absolute Gasteiger partial charge is 0.380 e. The molecule has 0 amide bonds. The number of hydrogen-bond acceptors (Lipinski definition) is 3. The molecule has 1 atom stereocenters. The molecule has 0 saturated heterocycles. The van der Waals surface area contributed by atoms with Crippen LogP contribution in [0.1, 0.15) is 33.6 Å². The second kappa shape index (κ2) is 7.20. The van der Waals surface area contributed by atoms with Gasteiger partial charge < -0.3 is 10.1 Å². The molecule has 1 saturated carbocycles. The smallest absolute Gasteiger partial charge is 0.0616 e. The average molecular weight is 214 g/mol. The van der Waals surface area contributed by atoms with Crippen LogP contribution in [0.15, 0.2) is 0 Å². The lowest BCUT2D eigenvalue weighted by Gasteiger charge is -2.21. The van der Waals surface area contributed by atoms with Crippen molar-refractivity contribution in [3.05, 3.63) is 0 Å². The Morgan fingerprint density at radius 3 is 2.67 bits per heavy atom. The Kier molecular flexibility index (Phi) is 6.22. The number of nitrogens with one attached hydrogen (secondary N) is 1. The summed E-state index contributed by atoms with van der Waals surface area (Å²) in [5.41, 5.74) is 0. The lowest BCUT2D eigenvalue weighted by atomic mass is 10.3. The lowest BCUT2D eigenvalue weighted by molar-refractivity contribution is 0.126. The summed E-state index contributed by atoms with van der Waals surface area (Å²) in [5.74, 6) is 0. The molecule has 0 spiro atoms. The Balaban J connectivity index is 1.98. The number of hydrogen-bond donors (Lipinski definition) is 1. The topological polar surface area (TPSA) is 24.5 Å². The van der Waals surface area contributed by atoms with Crippen LogP contribution in [0.4, 0.5) is 0 Å². The van der Waals surface area contributed by atoms with E-state index in [0.29, 0.717) is 6.04 Å². The molecule has 0 aromatic carbocycles. The van der Waals surface area contributed by atoms with Gasteiger partial charge in [0.25, 0.3) is 0 Å². The molecular weight excluding hydrogens is 188 g/mol. The van der Waals surface area contributed by atoms with Gasteiger partial charge in [0.05, 0.1) is 6.61 Å². The maximum Gasteiger partial charge on any atom is 0.0616 e. The van der Waals surface area contributed by atoms with E-state index in [-0.39, 0.29) is 0 Å². The minimum Gasteiger partial charge on any atom is -0.380 e. The van der Waals surface area contributed by atoms with Crippen molar-refractivity contribution in [1.29, 1.82) is 0 Å². The monoisotopic (exact) mass is 214 g/mol. The highest BCUT2D eigenvalue weighted by Crippen LogP contribution is 2.25. The summed E-state index contributed by atoms with van der Waals surface area (Å²) in [6.07, 6.45) is 2.81. The van der Waals surface area contributed by atoms with Crippen LogP contribution in [0.3, 0.4) is 0 Å². The van der Waals surface area contributed by atoms with E-state index in [1.54, 1.807) is 0 Å². The highest BCUT2D eigenvalue weighted by atomic mass is 16.5. The first-order valence-corrected chi connectivity index (χ1v) is 6.33. The highest BCUT2D eigenvalue weighted by molar-refractivity contribution is 4.84. The second-order valence-electron chi connectivity index (χ2n) is 4.37. The molecular formula is C12H26N2O. The van der Waals surface area contributed by atoms with Gasteiger partial charge in [-0.05, 0) is 33.2 Å². The predicted molar refractivity (Wildman–Crippen MR) is 64.2 cm³/mol. The summed E-state index contributed by atoms with van der Waals surface area (Å²) >= 11 is 0. The van der Waals surface area contributed by atoms with Crippen molar-refractivity contribution in [1.82, 2.24) is 10.2 Å². The zero-order chi connectivity index (χ0) is 11.1. The van der Waals surface area contributed by atoms with Crippen LogP contribution in [0.25, 0.3) is 0 Å². The predicted octanol–water partition coefficient (Wildman–Crippen LogP) is 1.49. The summed E-state index contributed by atoms with van der Waals surface area (Å²) < 4.78 is 5.36. The van der Waals surface area contributed by atoms with Crippen molar-refractivity contribution < 1.29 is 4.74 Å². The van der Waals surface area contributed by atoms with E-state index in [9.17, 15) is 0 Å². The van der Waals surface area contributed by atoms with E-state index in [2.05, 4.69) is 24.1 Å². The molecule has 0 bridgehead atoms. The van der Waals surface area contributed by atoms with Gasteiger partial charge in [0.2, 0.25) is 0 Å². The normalized spacial score (nSPS) is 18.4. The van der Waals surface area contributed by atoms with Crippen LogP contribution in [0, 0.1) is 0 Å². The Bertz CT molecular complexity index is 160. The average Bonchev–Trinajstić information content (AvgIpc) is 3.05. The molecule has 3 nitrogen and oxygen atoms in total. The zero-order valence-electron chi connectivity index (χ0n) is 10.5. The fraction of sp³-hybridized carbons (Fsp3) is 1.00. The van der Waals surface area contributed by atoms with Crippen LogP contribution in [0.2, 0.25) is 0 Å². The number of likely N-dealkylation sites (N-methyl/N-ethyl adjacent to an activating group) is 1. The minimum absolute atomic E-state index is 0.475. The fourth-order valence-electron chi connectivity index (χ4n) is 1.85. The minimum atomic E-state index is 0.475. The lowest BCUT2D eigenvalue weighted by Crippen LogP contribution is -2.38. The van der Waals surface area contributed by atoms with Crippen LogP contribution in [0.5, 0.6) is 0 Å². The van der Waals surface area contributed by atoms with E-state index in [4.69, 9.17) is 4.74 Å². The van der Waals surface area contributed by atoms with Gasteiger partial charge >= 0.3 is 0 Å². The van der Waals surface area contributed by atoms with E-state index >= 15 is 0 Å². The third-order valence-electron chi connectivity index (χ3n) is 2.93. The summed E-state index contributed by atoms with van der Waals surface area (Å²) in [6.45, 7) is 11.6. The number of ether oxygens (including phenoxy) is 1. The van der Waals surface area contributed by atoms with Gasteiger partial charge in [0.15, 0.2) is 0 Å². The van der Waals surface area contributed by atoms with Gasteiger partial charge in [-0.3, -0.25) is 4.90 Å². The summed E-state index contributed by atoms with van der Waals surface area (Å²) in [5, 5.41) is 3.50. The van der Waals surface area contributed by atoms with Gasteiger partial charge in [-0.25, -0.2) is 0 Å². The van der Waals surface area contributed by atoms with Crippen molar-refractivity contribution in [3.8, 4) is 0 Å². The van der Waals surface area contributed by atoms with Crippen molar-refractivity contribution in [3.63, 3.8) is 0 Å². The van der Waals surface area contributed by atoms with Gasteiger partial charge in [-0.15, -0.1) is 0 Å². The SMILES string of the molecule is CCOCC(C)NCCN(CC)C1CC1. The molecule has 0 heterocycles. The molecule has 15 heavy (non-hydrogen) atoms. The van der Waals surface area contributed by atoms with Gasteiger partial charge in [-0.1, -0.05) is 6.92 Å². The molecule has 0 radical (unpaired) electrons. The maximum absolute atomic E-state index is 5.36. The third-order valence-corrected chi connectivity index (χ3v) is 2.93. The van der Waals surface area contributed by atoms with Gasteiger partial charge in [-0.2, -0.15) is 0 Å². The number of nitrogens with zero attached hydrogens (tertiary/aromatic N) is 1. The standard InChI is InChI=1S/C12H26N2O/c1-4-14(12-6-7-12)9-8-13-11(3)10-15-5-2/h11-13H,4-10H2,1-3H3. The first-order chi connectivity index (χ1) is 7.27. The molecule has 0 aromatic rings. The van der Waals surface area contributed by atoms with Crippen molar-refractivity contribution in [2.75, 3.05) is 32.8 Å². The Morgan fingerprint density at radius 2 is 2.13 bits per heavy atom. The van der Waals surface area contributed by atoms with Crippen LogP contribution < -0.4 is 5.32 Å². The van der Waals surface area contributed by atoms with Crippen LogP contribution >= 0.6 is 0 Å². The second-order valence-corrected chi connectivity index (χ2v) is 4.37. The third kappa shape index (κ3) is 5.50. The Morgan fingerprint density at radius 1 is 1.40 bits per heavy atom. The van der Waals surface area contributed by atoms with Gasteiger partial charge in [0.1, 0.15) is 0 Å². The van der Waals surface area contributed by atoms with E-state index < -0.39 is 0 Å². The molecule has 1 N–H and O–H groups in total. The Hall–Kier alpha value is -0.120. The first-order valence-electron chi connectivity index (χ1n) is 6.33. The molecule has 0 aromatic heterocycles. The Labute approximate surface area is 94.2 Å². The molecule has 1 unspecified atom stereocenters. The molecule has 3 heteroatoms. The van der Waals surface area contributed by atoms with E-state index in [0.717, 1.165) is 25.8 Å². The summed E-state index contributed by atoms with van der Waals surface area (Å²) in [6, 6.07) is 1.36. The maximum atomic E-state index is 5.36. The van der Waals surface area contributed by atoms with Crippen LogP contribution in [-0.2, 0) is 4.74 Å². The highest BCUT2D eigenvalue weighted by Gasteiger charge is 2.27. The molecule has 1 aliphatic carbocycles. The zero-order valence-corrected chi connectivity index (χ0v) is 10.5. The molecule has 1 aliphatic rings. The molecule has 90 valence electrons. The van der Waals surface area contributed by atoms with Crippen molar-refractivity contribution in [2.45, 2.75) is 45.7 Å². The van der Waals surface area contributed by atoms with Crippen LogP contribution in [-0.4, -0.2) is 49.8 Å². The molecule has 1 rings (SSSR count). The molecule has 0 aliphatic heterocycles. The van der Waals surface area contributed by atoms with E-state index in [1.807, 2.05) is 6.92 Å². The summed E-state index contributed by atoms with van der Waals surface area (Å²) in [7, 11) is 0. The fourth-order valence-corrected chi connectivity index (χ4v) is 1.85. The van der Waals surface area contributed by atoms with E-state index in [1.165, 1.54) is 25.9 Å². The first kappa shape index (κ1) is 12.9. The van der Waals surface area contributed by atoms with Gasteiger partial charge in [0, 0.05) is 31.8 Å². The van der Waals surface area contributed by atoms with Crippen molar-refractivity contribution in [2.24, 2.45) is 0 Å². The summed E-state index contributed by atoms with van der Waals surface area (Å²) in [4.78, 5) is 2.57. The van der Waals surface area contributed by atoms with Crippen molar-refractivity contribution >= 4 is 0 Å². The quantitative estimate of drug-likeness (QED) is 0.629. The molecule has 1 fully saturated rings. The number of rotatable bonds is 9.